The number of amidine groups is 1. The van der Waals surface area contributed by atoms with E-state index < -0.39 is 0 Å². The smallest absolute Gasteiger partial charge is 0.132 e. The van der Waals surface area contributed by atoms with E-state index in [2.05, 4.69) is 31.3 Å². The molecule has 0 radical (unpaired) electrons. The zero-order valence-corrected chi connectivity index (χ0v) is 20.0. The number of ether oxygens (including phenoxy) is 1. The van der Waals surface area contributed by atoms with E-state index in [-0.39, 0.29) is 11.5 Å². The topological polar surface area (TPSA) is 57.4 Å². The Morgan fingerprint density at radius 3 is 2.59 bits per heavy atom. The van der Waals surface area contributed by atoms with Crippen molar-refractivity contribution < 1.29 is 4.74 Å². The van der Waals surface area contributed by atoms with Gasteiger partial charge in [0.15, 0.2) is 0 Å². The largest absolute Gasteiger partial charge is 0.493 e. The van der Waals surface area contributed by atoms with Gasteiger partial charge in [-0.15, -0.1) is 0 Å². The van der Waals surface area contributed by atoms with Crippen molar-refractivity contribution >= 4 is 29.0 Å². The van der Waals surface area contributed by atoms with Gasteiger partial charge in [-0.3, -0.25) is 4.99 Å². The van der Waals surface area contributed by atoms with E-state index in [1.54, 1.807) is 12.1 Å². The predicted octanol–water partition coefficient (Wildman–Crippen LogP) is 6.62. The molecule has 0 saturated heterocycles. The number of aliphatic imine (C=N–C) groups is 1. The lowest BCUT2D eigenvalue weighted by atomic mass is 9.82. The fourth-order valence-electron chi connectivity index (χ4n) is 3.54. The first-order chi connectivity index (χ1) is 15.3. The third-order valence-electron chi connectivity index (χ3n) is 5.42. The van der Waals surface area contributed by atoms with Crippen LogP contribution in [0.5, 0.6) is 5.75 Å². The summed E-state index contributed by atoms with van der Waals surface area (Å²) in [4.78, 5) is 4.92. The first-order valence-electron chi connectivity index (χ1n) is 10.6. The summed E-state index contributed by atoms with van der Waals surface area (Å²) in [7, 11) is 0. The third kappa shape index (κ3) is 6.16. The van der Waals surface area contributed by atoms with Gasteiger partial charge in [-0.2, -0.15) is 5.26 Å². The lowest BCUT2D eigenvalue weighted by Gasteiger charge is -2.36. The Bertz CT molecular complexity index is 1080. The summed E-state index contributed by atoms with van der Waals surface area (Å²) >= 11 is 12.2. The maximum atomic E-state index is 9.33. The summed E-state index contributed by atoms with van der Waals surface area (Å²) in [5, 5.41) is 14.4. The number of halogens is 2. The van der Waals surface area contributed by atoms with Gasteiger partial charge >= 0.3 is 0 Å². The van der Waals surface area contributed by atoms with Gasteiger partial charge in [0.05, 0.1) is 30.3 Å². The SMILES string of the molecule is CCOc1cc(C#N)ccc1C(=NCc1ccc(Cl)cc1)NC(C)(C)C1C=CC(Cl)=CC1. The fraction of sp³-hybridized carbons (Fsp3) is 0.308. The van der Waals surface area contributed by atoms with Crippen LogP contribution in [0.2, 0.25) is 5.02 Å². The first-order valence-corrected chi connectivity index (χ1v) is 11.4. The third-order valence-corrected chi connectivity index (χ3v) is 5.95. The minimum Gasteiger partial charge on any atom is -0.493 e. The van der Waals surface area contributed by atoms with Crippen molar-refractivity contribution in [2.75, 3.05) is 6.61 Å². The number of benzene rings is 2. The molecule has 0 aliphatic heterocycles. The lowest BCUT2D eigenvalue weighted by molar-refractivity contribution is 0.334. The molecule has 0 heterocycles. The van der Waals surface area contributed by atoms with E-state index in [0.717, 1.165) is 22.6 Å². The van der Waals surface area contributed by atoms with E-state index in [9.17, 15) is 5.26 Å². The highest BCUT2D eigenvalue weighted by molar-refractivity contribution is 6.31. The summed E-state index contributed by atoms with van der Waals surface area (Å²) in [6, 6.07) is 15.3. The van der Waals surface area contributed by atoms with Gasteiger partial charge in [0.2, 0.25) is 0 Å². The summed E-state index contributed by atoms with van der Waals surface area (Å²) < 4.78 is 5.87. The first kappa shape index (κ1) is 23.9. The normalized spacial score (nSPS) is 16.3. The number of rotatable bonds is 7. The van der Waals surface area contributed by atoms with Gasteiger partial charge in [0.1, 0.15) is 11.6 Å². The van der Waals surface area contributed by atoms with E-state index >= 15 is 0 Å². The zero-order valence-electron chi connectivity index (χ0n) is 18.5. The number of hydrogen-bond donors (Lipinski definition) is 1. The summed E-state index contributed by atoms with van der Waals surface area (Å²) in [6.07, 6.45) is 6.95. The van der Waals surface area contributed by atoms with Gasteiger partial charge in [-0.25, -0.2) is 0 Å². The van der Waals surface area contributed by atoms with Crippen LogP contribution in [-0.4, -0.2) is 18.0 Å². The van der Waals surface area contributed by atoms with Crippen LogP contribution in [0.3, 0.4) is 0 Å². The number of hydrogen-bond acceptors (Lipinski definition) is 3. The van der Waals surface area contributed by atoms with Gasteiger partial charge in [0, 0.05) is 21.5 Å². The van der Waals surface area contributed by atoms with Crippen molar-refractivity contribution in [3.63, 3.8) is 0 Å². The van der Waals surface area contributed by atoms with Crippen LogP contribution in [-0.2, 0) is 6.54 Å². The van der Waals surface area contributed by atoms with E-state index in [4.69, 9.17) is 32.9 Å². The molecule has 4 nitrogen and oxygen atoms in total. The minimum absolute atomic E-state index is 0.236. The summed E-state index contributed by atoms with van der Waals surface area (Å²) in [5.41, 5.74) is 2.11. The Kier molecular flexibility index (Phi) is 8.01. The van der Waals surface area contributed by atoms with E-state index in [1.807, 2.05) is 49.4 Å². The highest BCUT2D eigenvalue weighted by Gasteiger charge is 2.30. The monoisotopic (exact) mass is 467 g/mol. The molecule has 2 aromatic rings. The molecule has 6 heteroatoms. The highest BCUT2D eigenvalue weighted by atomic mass is 35.5. The molecule has 0 amide bonds. The van der Waals surface area contributed by atoms with Crippen molar-refractivity contribution in [1.82, 2.24) is 5.32 Å². The number of nitriles is 1. The maximum Gasteiger partial charge on any atom is 0.132 e. The molecule has 1 atom stereocenters. The number of nitrogens with one attached hydrogen (secondary N) is 1. The van der Waals surface area contributed by atoms with Crippen molar-refractivity contribution in [2.45, 2.75) is 39.3 Å². The van der Waals surface area contributed by atoms with Crippen molar-refractivity contribution in [2.24, 2.45) is 10.9 Å². The molecule has 0 aromatic heterocycles. The van der Waals surface area contributed by atoms with Gasteiger partial charge < -0.3 is 10.1 Å². The second kappa shape index (κ2) is 10.7. The summed E-state index contributed by atoms with van der Waals surface area (Å²) in [5.74, 6) is 1.58. The van der Waals surface area contributed by atoms with Crippen LogP contribution in [0.4, 0.5) is 0 Å². The Morgan fingerprint density at radius 1 is 1.22 bits per heavy atom. The molecule has 2 aromatic carbocycles. The van der Waals surface area contributed by atoms with Crippen LogP contribution in [0.25, 0.3) is 0 Å². The van der Waals surface area contributed by atoms with Gasteiger partial charge in [0.25, 0.3) is 0 Å². The van der Waals surface area contributed by atoms with E-state index in [0.29, 0.717) is 35.3 Å². The molecule has 3 rings (SSSR count). The molecule has 166 valence electrons. The molecule has 0 spiro atoms. The summed E-state index contributed by atoms with van der Waals surface area (Å²) in [6.45, 7) is 7.19. The van der Waals surface area contributed by atoms with Crippen molar-refractivity contribution in [3.8, 4) is 11.8 Å². The van der Waals surface area contributed by atoms with Crippen LogP contribution >= 0.6 is 23.2 Å². The number of nitrogens with zero attached hydrogens (tertiary/aromatic N) is 2. The Hall–Kier alpha value is -2.74. The maximum absolute atomic E-state index is 9.33. The molecular formula is C26H27Cl2N3O. The minimum atomic E-state index is -0.305. The quantitative estimate of drug-likeness (QED) is 0.367. The van der Waals surface area contributed by atoms with Crippen molar-refractivity contribution in [3.05, 3.63) is 87.4 Å². The average Bonchev–Trinajstić information content (AvgIpc) is 2.78. The van der Waals surface area contributed by atoms with Crippen LogP contribution in [0.15, 0.2) is 70.7 Å². The predicted molar refractivity (Wildman–Crippen MR) is 132 cm³/mol. The highest BCUT2D eigenvalue weighted by Crippen LogP contribution is 2.30. The number of allylic oxidation sites excluding steroid dienone is 3. The van der Waals surface area contributed by atoms with Crippen LogP contribution in [0.1, 0.15) is 43.9 Å². The Labute approximate surface area is 200 Å². The molecule has 1 aliphatic rings. The van der Waals surface area contributed by atoms with E-state index in [1.165, 1.54) is 0 Å². The second-order valence-corrected chi connectivity index (χ2v) is 9.06. The van der Waals surface area contributed by atoms with Crippen LogP contribution in [0, 0.1) is 17.2 Å². The van der Waals surface area contributed by atoms with Crippen LogP contribution < -0.4 is 10.1 Å². The fourth-order valence-corrected chi connectivity index (χ4v) is 3.83. The molecular weight excluding hydrogens is 441 g/mol. The Balaban J connectivity index is 1.98. The molecule has 1 aliphatic carbocycles. The molecule has 32 heavy (non-hydrogen) atoms. The molecule has 0 saturated carbocycles. The van der Waals surface area contributed by atoms with Crippen molar-refractivity contribution in [1.29, 1.82) is 5.26 Å². The Morgan fingerprint density at radius 2 is 1.97 bits per heavy atom. The molecule has 1 unspecified atom stereocenters. The lowest BCUT2D eigenvalue weighted by Crippen LogP contribution is -2.49. The molecule has 0 fully saturated rings. The average molecular weight is 468 g/mol. The molecule has 1 N–H and O–H groups in total. The van der Waals surface area contributed by atoms with Gasteiger partial charge in [-0.05, 0) is 69.2 Å². The van der Waals surface area contributed by atoms with Gasteiger partial charge in [-0.1, -0.05) is 47.5 Å². The zero-order chi connectivity index (χ0) is 23.1. The molecule has 0 bridgehead atoms. The standard InChI is InChI=1S/C26H27Cl2N3O/c1-4-32-24-15-19(16-29)7-14-23(24)25(30-17-18-5-10-21(27)11-6-18)31-26(2,3)20-8-12-22(28)13-9-20/h5-8,10-15,20H,4,9,17H2,1-3H3,(H,30,31). The second-order valence-electron chi connectivity index (χ2n) is 8.18.